The monoisotopic (exact) mass is 422 g/mol. The van der Waals surface area contributed by atoms with Gasteiger partial charge in [-0.05, 0) is 6.42 Å². The first-order valence-electron chi connectivity index (χ1n) is 9.65. The molecule has 0 aromatic rings. The van der Waals surface area contributed by atoms with Gasteiger partial charge >= 0.3 is 65.5 Å². The van der Waals surface area contributed by atoms with Crippen molar-refractivity contribution >= 4 is 37.7 Å². The zero-order valence-corrected chi connectivity index (χ0v) is 18.2. The average Bonchev–Trinajstić information content (AvgIpc) is 3.31. The van der Waals surface area contributed by atoms with E-state index in [-0.39, 0.29) is 56.0 Å². The van der Waals surface area contributed by atoms with Gasteiger partial charge in [-0.2, -0.15) is 9.78 Å². The molecule has 1 N–H and O–H groups in total. The fraction of sp³-hybridized carbons (Fsp3) is 1.00. The molecule has 4 nitrogen and oxygen atoms in total. The van der Waals surface area contributed by atoms with Gasteiger partial charge in [0.05, 0.1) is 0 Å². The zero-order valence-electron chi connectivity index (χ0n) is 15.2. The van der Waals surface area contributed by atoms with Crippen LogP contribution in [0.4, 0.5) is 0 Å². The first-order valence-corrected chi connectivity index (χ1v) is 10.9. The molecule has 0 aromatic heterocycles. The van der Waals surface area contributed by atoms with Crippen LogP contribution in [0, 0.1) is 0 Å². The Morgan fingerprint density at radius 2 is 0.958 bits per heavy atom. The Kier molecular flexibility index (Phi) is 24.2. The van der Waals surface area contributed by atoms with E-state index < -0.39 is 5.97 Å². The second kappa shape index (κ2) is 20.9. The maximum atomic E-state index is 9.29. The van der Waals surface area contributed by atoms with Crippen LogP contribution < -0.4 is 0 Å². The van der Waals surface area contributed by atoms with Gasteiger partial charge in [-0.1, -0.05) is 96.8 Å². The van der Waals surface area contributed by atoms with E-state index in [9.17, 15) is 5.11 Å². The summed E-state index contributed by atoms with van der Waals surface area (Å²) in [7, 11) is 0. The molecule has 0 amide bonds. The minimum absolute atomic E-state index is 0. The molecule has 1 heterocycles. The van der Waals surface area contributed by atoms with E-state index in [1.54, 1.807) is 0 Å². The normalized spacial score (nSPS) is 14.5. The quantitative estimate of drug-likeness (QED) is 0.167. The molecule has 0 unspecified atom stereocenters. The first-order chi connectivity index (χ1) is 11.3. The molecule has 0 saturated carbocycles. The number of hydrogen-bond acceptors (Lipinski definition) is 4. The van der Waals surface area contributed by atoms with E-state index in [4.69, 9.17) is 3.57 Å². The van der Waals surface area contributed by atoms with Crippen LogP contribution in [-0.2, 0) is 31.6 Å². The Balaban J connectivity index is 0. The summed E-state index contributed by atoms with van der Waals surface area (Å²) in [5, 5.41) is 9.29. The summed E-state index contributed by atoms with van der Waals surface area (Å²) >= 11 is 0.125. The van der Waals surface area contributed by atoms with E-state index in [0.717, 1.165) is 6.42 Å². The molecule has 1 aliphatic rings. The summed E-state index contributed by atoms with van der Waals surface area (Å²) in [6.45, 7) is 2.28. The van der Waals surface area contributed by atoms with Crippen molar-refractivity contribution < 1.29 is 36.7 Å². The predicted octanol–water partition coefficient (Wildman–Crippen LogP) is 4.82. The Labute approximate surface area is 188 Å². The van der Waals surface area contributed by atoms with Crippen molar-refractivity contribution in [1.82, 2.24) is 0 Å². The minimum atomic E-state index is -1.21. The van der Waals surface area contributed by atoms with Crippen LogP contribution in [0.25, 0.3) is 0 Å². The van der Waals surface area contributed by atoms with Crippen molar-refractivity contribution in [3.63, 3.8) is 0 Å². The van der Waals surface area contributed by atoms with E-state index in [0.29, 0.717) is 6.42 Å². The molecular formula is C18H38CaO4Zn. The summed E-state index contributed by atoms with van der Waals surface area (Å²) in [5.74, 6) is -1.21. The molecule has 138 valence electrons. The van der Waals surface area contributed by atoms with Gasteiger partial charge in [-0.25, -0.2) is 0 Å². The van der Waals surface area contributed by atoms with Crippen molar-refractivity contribution in [2.75, 3.05) is 0 Å². The number of aliphatic hydroxyl groups is 1. The van der Waals surface area contributed by atoms with Gasteiger partial charge in [0, 0.05) is 6.42 Å². The maximum absolute atomic E-state index is 9.29. The second-order valence-electron chi connectivity index (χ2n) is 6.58. The molecule has 0 radical (unpaired) electrons. The molecular weight excluding hydrogens is 386 g/mol. The van der Waals surface area contributed by atoms with Crippen LogP contribution >= 0.6 is 0 Å². The Morgan fingerprint density at radius 1 is 0.667 bits per heavy atom. The summed E-state index contributed by atoms with van der Waals surface area (Å²) in [6.07, 6.45) is 21.0. The van der Waals surface area contributed by atoms with Crippen LogP contribution in [0.2, 0.25) is 0 Å². The van der Waals surface area contributed by atoms with Gasteiger partial charge in [0.2, 0.25) is 0 Å². The number of rotatable bonds is 16. The van der Waals surface area contributed by atoms with Crippen LogP contribution in [-0.4, -0.2) is 48.8 Å². The molecule has 0 atom stereocenters. The first kappa shape index (κ1) is 27.8. The van der Waals surface area contributed by atoms with Crippen molar-refractivity contribution in [1.29, 1.82) is 0 Å². The van der Waals surface area contributed by atoms with Gasteiger partial charge < -0.3 is 5.11 Å². The third kappa shape index (κ3) is 19.9. The van der Waals surface area contributed by atoms with Crippen molar-refractivity contribution in [2.24, 2.45) is 0 Å². The summed E-state index contributed by atoms with van der Waals surface area (Å²) in [5.41, 5.74) is 0. The van der Waals surface area contributed by atoms with Crippen molar-refractivity contribution in [3.8, 4) is 0 Å². The van der Waals surface area contributed by atoms with E-state index in [1.165, 1.54) is 89.9 Å². The second-order valence-corrected chi connectivity index (χ2v) is 6.58. The summed E-state index contributed by atoms with van der Waals surface area (Å²) < 4.78 is 8.38. The summed E-state index contributed by atoms with van der Waals surface area (Å²) in [4.78, 5) is 8.94. The molecule has 1 fully saturated rings. The van der Waals surface area contributed by atoms with Crippen LogP contribution in [0.3, 0.4) is 0 Å². The Bertz CT molecular complexity index is 253. The van der Waals surface area contributed by atoms with Gasteiger partial charge in [0.25, 0.3) is 0 Å². The Morgan fingerprint density at radius 3 is 1.25 bits per heavy atom. The molecule has 0 bridgehead atoms. The van der Waals surface area contributed by atoms with Gasteiger partial charge in [0.1, 0.15) is 0 Å². The van der Waals surface area contributed by atoms with Crippen molar-refractivity contribution in [2.45, 2.75) is 116 Å². The average molecular weight is 424 g/mol. The number of hydrogen-bond donors (Lipinski definition) is 1. The standard InChI is InChI=1S/C18H36O3.Ca.O.Zn.2H/c1-2-3-4-5-6-7-8-9-10-11-12-13-14-15-16-17-18(19)20-21-18;;;;;/h19H,2-17H2,1H3;;;;;. The Hall–Kier alpha value is 1.56. The molecule has 0 aliphatic carbocycles. The topological polar surface area (TPSA) is 62.4 Å². The van der Waals surface area contributed by atoms with Gasteiger partial charge in [-0.3, -0.25) is 0 Å². The molecule has 0 aromatic carbocycles. The van der Waals surface area contributed by atoms with Crippen LogP contribution in [0.15, 0.2) is 0 Å². The summed E-state index contributed by atoms with van der Waals surface area (Å²) in [6, 6.07) is 0. The third-order valence-corrected chi connectivity index (χ3v) is 4.37. The van der Waals surface area contributed by atoms with Crippen LogP contribution in [0.1, 0.15) is 110 Å². The van der Waals surface area contributed by atoms with Crippen LogP contribution in [0.5, 0.6) is 0 Å². The molecule has 1 rings (SSSR count). The van der Waals surface area contributed by atoms with Crippen molar-refractivity contribution in [3.05, 3.63) is 0 Å². The van der Waals surface area contributed by atoms with Gasteiger partial charge in [0.15, 0.2) is 0 Å². The number of unbranched alkanes of at least 4 members (excludes halogenated alkanes) is 14. The molecule has 0 spiro atoms. The zero-order chi connectivity index (χ0) is 17.2. The molecule has 1 saturated heterocycles. The molecule has 6 heteroatoms. The van der Waals surface area contributed by atoms with E-state index in [1.807, 2.05) is 0 Å². The third-order valence-electron chi connectivity index (χ3n) is 4.37. The van der Waals surface area contributed by atoms with E-state index >= 15 is 0 Å². The van der Waals surface area contributed by atoms with Gasteiger partial charge in [-0.15, -0.1) is 0 Å². The SMILES string of the molecule is CCCCCCCCCCCCCCCCCC1(O)OO1.[CaH2].[O]=[Zn]. The molecule has 24 heavy (non-hydrogen) atoms. The molecule has 1 aliphatic heterocycles. The van der Waals surface area contributed by atoms with E-state index in [2.05, 4.69) is 16.7 Å². The fourth-order valence-electron chi connectivity index (χ4n) is 2.85. The fourth-order valence-corrected chi connectivity index (χ4v) is 2.85. The predicted molar refractivity (Wildman–Crippen MR) is 95.9 cm³/mol.